The van der Waals surface area contributed by atoms with Crippen molar-refractivity contribution in [1.29, 1.82) is 0 Å². The first-order chi connectivity index (χ1) is 11.6. The Hall–Kier alpha value is -1.89. The number of amides is 2. The zero-order valence-corrected chi connectivity index (χ0v) is 14.7. The topological polar surface area (TPSA) is 64.6 Å². The van der Waals surface area contributed by atoms with E-state index >= 15 is 0 Å². The molecule has 24 heavy (non-hydrogen) atoms. The van der Waals surface area contributed by atoms with E-state index in [1.165, 1.54) is 0 Å². The molecule has 0 radical (unpaired) electrons. The lowest BCUT2D eigenvalue weighted by Crippen LogP contribution is -2.56. The molecule has 0 bridgehead atoms. The number of nitrogens with zero attached hydrogens (tertiary/aromatic N) is 5. The Morgan fingerprint density at radius 3 is 2.54 bits per heavy atom. The van der Waals surface area contributed by atoms with Gasteiger partial charge in [0, 0.05) is 63.7 Å². The second-order valence-electron chi connectivity index (χ2n) is 6.90. The Morgan fingerprint density at radius 2 is 1.88 bits per heavy atom. The summed E-state index contributed by atoms with van der Waals surface area (Å²) < 4.78 is 0. The van der Waals surface area contributed by atoms with Crippen LogP contribution in [0.4, 0.5) is 10.7 Å². The summed E-state index contributed by atoms with van der Waals surface area (Å²) in [7, 11) is 0. The van der Waals surface area contributed by atoms with Crippen LogP contribution in [0.1, 0.15) is 26.7 Å². The van der Waals surface area contributed by atoms with Crippen molar-refractivity contribution in [2.24, 2.45) is 0 Å². The van der Waals surface area contributed by atoms with E-state index in [2.05, 4.69) is 38.9 Å². The Bertz CT molecular complexity index is 529. The molecule has 0 spiro atoms. The van der Waals surface area contributed by atoms with Crippen molar-refractivity contribution in [3.05, 3.63) is 18.5 Å². The van der Waals surface area contributed by atoms with E-state index in [0.29, 0.717) is 6.04 Å². The van der Waals surface area contributed by atoms with E-state index in [4.69, 9.17) is 0 Å². The summed E-state index contributed by atoms with van der Waals surface area (Å²) in [6, 6.07) is 2.61. The predicted octanol–water partition coefficient (Wildman–Crippen LogP) is 1.18. The van der Waals surface area contributed by atoms with Crippen LogP contribution in [0.3, 0.4) is 0 Å². The second-order valence-corrected chi connectivity index (χ2v) is 6.90. The fourth-order valence-corrected chi connectivity index (χ4v) is 3.44. The lowest BCUT2D eigenvalue weighted by Gasteiger charge is -2.38. The molecule has 7 heteroatoms. The highest BCUT2D eigenvalue weighted by molar-refractivity contribution is 5.74. The van der Waals surface area contributed by atoms with Crippen LogP contribution in [0.2, 0.25) is 0 Å². The molecule has 0 aromatic carbocycles. The van der Waals surface area contributed by atoms with Crippen molar-refractivity contribution in [3.63, 3.8) is 0 Å². The van der Waals surface area contributed by atoms with Gasteiger partial charge in [-0.05, 0) is 32.8 Å². The summed E-state index contributed by atoms with van der Waals surface area (Å²) in [5.74, 6) is 0.752. The molecule has 1 N–H and O–H groups in total. The van der Waals surface area contributed by atoms with Gasteiger partial charge in [0.05, 0.1) is 0 Å². The maximum absolute atomic E-state index is 12.5. The molecule has 0 saturated carbocycles. The molecule has 3 heterocycles. The normalized spacial score (nSPS) is 22.7. The highest BCUT2D eigenvalue weighted by Crippen LogP contribution is 2.16. The number of nitrogens with one attached hydrogen (secondary N) is 1. The molecule has 2 aliphatic rings. The maximum Gasteiger partial charge on any atom is 0.317 e. The van der Waals surface area contributed by atoms with Gasteiger partial charge in [0.15, 0.2) is 0 Å². The molecule has 0 aliphatic carbocycles. The number of aromatic nitrogens is 2. The number of urea groups is 1. The van der Waals surface area contributed by atoms with Crippen molar-refractivity contribution in [2.45, 2.75) is 38.8 Å². The average molecular weight is 332 g/mol. The van der Waals surface area contributed by atoms with E-state index in [0.717, 1.165) is 58.1 Å². The molecule has 2 fully saturated rings. The minimum absolute atomic E-state index is 0.0687. The maximum atomic E-state index is 12.5. The third-order valence-electron chi connectivity index (χ3n) is 4.92. The van der Waals surface area contributed by atoms with Crippen molar-refractivity contribution >= 4 is 12.0 Å². The number of rotatable bonds is 3. The monoisotopic (exact) mass is 332 g/mol. The fraction of sp³-hybridized carbons (Fsp3) is 0.706. The molecule has 2 aliphatic heterocycles. The highest BCUT2D eigenvalue weighted by Gasteiger charge is 2.27. The van der Waals surface area contributed by atoms with Crippen molar-refractivity contribution in [3.8, 4) is 0 Å². The minimum Gasteiger partial charge on any atom is -0.339 e. The standard InChI is InChI=1S/C17H28N6O/c1-14(2)21-9-11-22(12-10-21)17(24)20-15-5-3-8-23(13-15)16-18-6-4-7-19-16/h4,6-7,14-15H,3,5,8-13H2,1-2H3,(H,20,24)/t15-/m1/s1. The molecule has 1 aromatic rings. The molecule has 7 nitrogen and oxygen atoms in total. The Morgan fingerprint density at radius 1 is 1.17 bits per heavy atom. The molecule has 1 atom stereocenters. The summed E-state index contributed by atoms with van der Waals surface area (Å²) in [4.78, 5) is 27.7. The summed E-state index contributed by atoms with van der Waals surface area (Å²) in [5, 5.41) is 3.20. The molecule has 2 saturated heterocycles. The van der Waals surface area contributed by atoms with Crippen LogP contribution >= 0.6 is 0 Å². The van der Waals surface area contributed by atoms with Crippen molar-refractivity contribution in [2.75, 3.05) is 44.2 Å². The van der Waals surface area contributed by atoms with E-state index in [-0.39, 0.29) is 12.1 Å². The van der Waals surface area contributed by atoms with Crippen molar-refractivity contribution in [1.82, 2.24) is 25.1 Å². The summed E-state index contributed by atoms with van der Waals surface area (Å²) in [6.07, 6.45) is 5.59. The SMILES string of the molecule is CC(C)N1CCN(C(=O)N[C@@H]2CCCN(c3ncccn3)C2)CC1. The zero-order valence-electron chi connectivity index (χ0n) is 14.7. The molecule has 1 aromatic heterocycles. The first-order valence-electron chi connectivity index (χ1n) is 8.95. The van der Waals surface area contributed by atoms with Gasteiger partial charge < -0.3 is 15.1 Å². The molecular formula is C17H28N6O. The van der Waals surface area contributed by atoms with Crippen molar-refractivity contribution < 1.29 is 4.79 Å². The van der Waals surface area contributed by atoms with Gasteiger partial charge in [-0.3, -0.25) is 4.90 Å². The van der Waals surface area contributed by atoms with Crippen LogP contribution < -0.4 is 10.2 Å². The summed E-state index contributed by atoms with van der Waals surface area (Å²) in [6.45, 7) is 9.67. The van der Waals surface area contributed by atoms with Gasteiger partial charge >= 0.3 is 6.03 Å². The van der Waals surface area contributed by atoms with Gasteiger partial charge in [-0.1, -0.05) is 0 Å². The van der Waals surface area contributed by atoms with Crippen LogP contribution in [0.25, 0.3) is 0 Å². The van der Waals surface area contributed by atoms with Gasteiger partial charge in [0.1, 0.15) is 0 Å². The molecule has 3 rings (SSSR count). The lowest BCUT2D eigenvalue weighted by molar-refractivity contribution is 0.117. The highest BCUT2D eigenvalue weighted by atomic mass is 16.2. The van der Waals surface area contributed by atoms with Crippen LogP contribution in [0.15, 0.2) is 18.5 Å². The smallest absolute Gasteiger partial charge is 0.317 e. The van der Waals surface area contributed by atoms with Gasteiger partial charge in [-0.2, -0.15) is 0 Å². The van der Waals surface area contributed by atoms with Crippen LogP contribution in [-0.2, 0) is 0 Å². The van der Waals surface area contributed by atoms with Crippen LogP contribution in [0, 0.1) is 0 Å². The third-order valence-corrected chi connectivity index (χ3v) is 4.92. The zero-order chi connectivity index (χ0) is 16.9. The Labute approximate surface area is 144 Å². The van der Waals surface area contributed by atoms with E-state index in [1.807, 2.05) is 11.0 Å². The molecule has 2 amide bonds. The molecule has 132 valence electrons. The second kappa shape index (κ2) is 7.79. The number of hydrogen-bond acceptors (Lipinski definition) is 5. The lowest BCUT2D eigenvalue weighted by atomic mass is 10.1. The number of hydrogen-bond donors (Lipinski definition) is 1. The third kappa shape index (κ3) is 4.14. The Balaban J connectivity index is 1.50. The summed E-state index contributed by atoms with van der Waals surface area (Å²) >= 11 is 0. The van der Waals surface area contributed by atoms with E-state index in [9.17, 15) is 4.79 Å². The predicted molar refractivity (Wildman–Crippen MR) is 94.1 cm³/mol. The number of anilines is 1. The molecule has 0 unspecified atom stereocenters. The molecular weight excluding hydrogens is 304 g/mol. The minimum atomic E-state index is 0.0687. The van der Waals surface area contributed by atoms with E-state index in [1.54, 1.807) is 12.4 Å². The van der Waals surface area contributed by atoms with Crippen LogP contribution in [0.5, 0.6) is 0 Å². The first-order valence-corrected chi connectivity index (χ1v) is 8.95. The quantitative estimate of drug-likeness (QED) is 0.900. The number of piperazine rings is 1. The largest absolute Gasteiger partial charge is 0.339 e. The van der Waals surface area contributed by atoms with Gasteiger partial charge in [-0.15, -0.1) is 0 Å². The Kier molecular flexibility index (Phi) is 5.50. The van der Waals surface area contributed by atoms with Gasteiger partial charge in [-0.25, -0.2) is 14.8 Å². The summed E-state index contributed by atoms with van der Waals surface area (Å²) in [5.41, 5.74) is 0. The fourth-order valence-electron chi connectivity index (χ4n) is 3.44. The first kappa shape index (κ1) is 17.0. The average Bonchev–Trinajstić information content (AvgIpc) is 2.63. The van der Waals surface area contributed by atoms with Gasteiger partial charge in [0.25, 0.3) is 0 Å². The number of carbonyl (C=O) groups excluding carboxylic acids is 1. The number of piperidine rings is 1. The van der Waals surface area contributed by atoms with Gasteiger partial charge in [0.2, 0.25) is 5.95 Å². The van der Waals surface area contributed by atoms with Crippen LogP contribution in [-0.4, -0.2) is 77.2 Å². The number of carbonyl (C=O) groups is 1. The van der Waals surface area contributed by atoms with E-state index < -0.39 is 0 Å².